The summed E-state index contributed by atoms with van der Waals surface area (Å²) in [5, 5.41) is 21.4. The first-order valence-corrected chi connectivity index (χ1v) is 11.8. The quantitative estimate of drug-likeness (QED) is 0.488. The number of nitrogens with zero attached hydrogens (tertiary/aromatic N) is 2. The van der Waals surface area contributed by atoms with Crippen LogP contribution in [0.5, 0.6) is 0 Å². The van der Waals surface area contributed by atoms with Crippen molar-refractivity contribution in [1.82, 2.24) is 10.2 Å². The molecule has 1 amide bonds. The maximum Gasteiger partial charge on any atom is 0.324 e. The molecule has 0 radical (unpaired) electrons. The van der Waals surface area contributed by atoms with Gasteiger partial charge in [0, 0.05) is 6.04 Å². The van der Waals surface area contributed by atoms with E-state index in [2.05, 4.69) is 11.4 Å². The topological polar surface area (TPSA) is 146 Å². The summed E-state index contributed by atoms with van der Waals surface area (Å²) in [5.41, 5.74) is 5.58. The number of likely N-dealkylation sites (N-methyl/N-ethyl adjacent to an activating group) is 1. The van der Waals surface area contributed by atoms with Gasteiger partial charge in [0.25, 0.3) is 0 Å². The van der Waals surface area contributed by atoms with Gasteiger partial charge in [0.2, 0.25) is 5.91 Å². The molecule has 5 aliphatic carbocycles. The normalized spacial score (nSPS) is 42.7. The van der Waals surface area contributed by atoms with Crippen molar-refractivity contribution in [3.8, 4) is 6.07 Å². The predicted octanol–water partition coefficient (Wildman–Crippen LogP) is 0.772. The summed E-state index contributed by atoms with van der Waals surface area (Å²) in [4.78, 5) is 39.3. The minimum absolute atomic E-state index is 0.121. The van der Waals surface area contributed by atoms with E-state index in [1.54, 1.807) is 11.9 Å². The molecular weight excluding hydrogens is 412 g/mol. The predicted molar refractivity (Wildman–Crippen MR) is 112 cm³/mol. The Balaban J connectivity index is 1.36. The van der Waals surface area contributed by atoms with Crippen LogP contribution in [-0.2, 0) is 19.1 Å². The van der Waals surface area contributed by atoms with Gasteiger partial charge in [-0.3, -0.25) is 14.4 Å². The second kappa shape index (κ2) is 7.42. The van der Waals surface area contributed by atoms with Gasteiger partial charge in [0.15, 0.2) is 0 Å². The number of aliphatic carboxylic acids is 1. The van der Waals surface area contributed by atoms with Crippen molar-refractivity contribution in [2.75, 3.05) is 7.05 Å². The van der Waals surface area contributed by atoms with Crippen LogP contribution >= 0.6 is 0 Å². The average molecular weight is 445 g/mol. The van der Waals surface area contributed by atoms with E-state index in [4.69, 9.17) is 15.6 Å². The number of carbonyl (C=O) groups excluding carboxylic acids is 2. The first-order valence-electron chi connectivity index (χ1n) is 11.8. The largest absolute Gasteiger partial charge is 0.481 e. The summed E-state index contributed by atoms with van der Waals surface area (Å²) in [5.74, 6) is -0.608. The zero-order valence-electron chi connectivity index (χ0n) is 18.5. The first-order chi connectivity index (χ1) is 15.2. The molecule has 32 heavy (non-hydrogen) atoms. The number of carbonyl (C=O) groups is 3. The smallest absolute Gasteiger partial charge is 0.324 e. The van der Waals surface area contributed by atoms with E-state index >= 15 is 0 Å². The molecule has 174 valence electrons. The molecule has 4 N–H and O–H groups in total. The second-order valence-corrected chi connectivity index (χ2v) is 11.0. The monoisotopic (exact) mass is 444 g/mol. The molecule has 6 aliphatic rings. The van der Waals surface area contributed by atoms with Gasteiger partial charge in [-0.05, 0) is 81.6 Å². The summed E-state index contributed by atoms with van der Waals surface area (Å²) in [6.07, 6.45) is 6.15. The number of rotatable bonds is 7. The molecule has 6 rings (SSSR count). The van der Waals surface area contributed by atoms with Gasteiger partial charge in [-0.15, -0.1) is 0 Å². The summed E-state index contributed by atoms with van der Waals surface area (Å²) in [6, 6.07) is 0.442. The molecule has 9 heteroatoms. The van der Waals surface area contributed by atoms with Crippen molar-refractivity contribution in [3.05, 3.63) is 0 Å². The highest BCUT2D eigenvalue weighted by molar-refractivity contribution is 5.85. The number of fused-ring (bicyclic) bond motifs is 1. The van der Waals surface area contributed by atoms with Crippen molar-refractivity contribution in [3.63, 3.8) is 0 Å². The Morgan fingerprint density at radius 1 is 1.22 bits per heavy atom. The van der Waals surface area contributed by atoms with Crippen LogP contribution in [0.15, 0.2) is 0 Å². The number of hydrogen-bond donors (Lipinski definition) is 3. The van der Waals surface area contributed by atoms with Crippen molar-refractivity contribution in [1.29, 1.82) is 5.26 Å². The van der Waals surface area contributed by atoms with E-state index in [1.165, 1.54) is 0 Å². The number of nitrogens with two attached hydrogens (primary N) is 1. The van der Waals surface area contributed by atoms with Crippen LogP contribution in [-0.4, -0.2) is 64.7 Å². The standard InChI is InChI=1S/C23H32N4O5/c1-26-16(5-18(28)29)21(31)32-23-8-12-2-13(9-23)7-22(6-12,11-23)19(25)20(30)27-15(10-24)3-14-4-17(14)27/h12-17,19,26H,2-9,11,25H2,1H3,(H,28,29)/t12?,13?,14-,15+,16+,17?,19-,22?,23?/m1/s1. The number of nitriles is 1. The number of piperidine rings is 1. The third kappa shape index (κ3) is 3.39. The summed E-state index contributed by atoms with van der Waals surface area (Å²) >= 11 is 0. The number of carboxylic acids is 1. The number of nitrogens with one attached hydrogen (secondary N) is 1. The van der Waals surface area contributed by atoms with Gasteiger partial charge in [-0.25, -0.2) is 0 Å². The first kappa shape index (κ1) is 21.7. The van der Waals surface area contributed by atoms with Crippen LogP contribution in [0.1, 0.15) is 57.8 Å². The summed E-state index contributed by atoms with van der Waals surface area (Å²) < 4.78 is 6.06. The van der Waals surface area contributed by atoms with E-state index in [1.807, 2.05) is 0 Å². The Hall–Kier alpha value is -2.18. The molecule has 7 atom stereocenters. The van der Waals surface area contributed by atoms with Gasteiger partial charge >= 0.3 is 11.9 Å². The molecule has 9 nitrogen and oxygen atoms in total. The Labute approximate surface area is 187 Å². The lowest BCUT2D eigenvalue weighted by Gasteiger charge is -2.62. The minimum atomic E-state index is -1.06. The number of amides is 1. The van der Waals surface area contributed by atoms with E-state index in [0.29, 0.717) is 24.2 Å². The number of carboxylic acid groups (broad SMARTS) is 1. The Kier molecular flexibility index (Phi) is 5.02. The zero-order valence-corrected chi connectivity index (χ0v) is 18.5. The third-order valence-electron chi connectivity index (χ3n) is 8.82. The van der Waals surface area contributed by atoms with Gasteiger partial charge in [0.1, 0.15) is 17.7 Å². The van der Waals surface area contributed by atoms with Gasteiger partial charge in [-0.1, -0.05) is 0 Å². The number of ether oxygens (including phenoxy) is 1. The highest BCUT2D eigenvalue weighted by Crippen LogP contribution is 2.64. The molecule has 5 saturated carbocycles. The molecular formula is C23H32N4O5. The van der Waals surface area contributed by atoms with Gasteiger partial charge in [0.05, 0.1) is 18.5 Å². The molecule has 4 bridgehead atoms. The fraction of sp³-hybridized carbons (Fsp3) is 0.826. The van der Waals surface area contributed by atoms with Crippen molar-refractivity contribution >= 4 is 17.8 Å². The summed E-state index contributed by atoms with van der Waals surface area (Å²) in [7, 11) is 1.55. The molecule has 1 saturated heterocycles. The minimum Gasteiger partial charge on any atom is -0.481 e. The molecule has 0 aromatic rings. The van der Waals surface area contributed by atoms with Crippen LogP contribution in [0.3, 0.4) is 0 Å². The highest BCUT2D eigenvalue weighted by atomic mass is 16.6. The van der Waals surface area contributed by atoms with Crippen LogP contribution in [0.25, 0.3) is 0 Å². The molecule has 0 spiro atoms. The van der Waals surface area contributed by atoms with E-state index < -0.39 is 35.0 Å². The lowest BCUT2D eigenvalue weighted by Crippen LogP contribution is -2.66. The Morgan fingerprint density at radius 2 is 1.91 bits per heavy atom. The maximum absolute atomic E-state index is 13.5. The summed E-state index contributed by atoms with van der Waals surface area (Å²) in [6.45, 7) is 0. The molecule has 1 heterocycles. The molecule has 6 fully saturated rings. The van der Waals surface area contributed by atoms with E-state index in [9.17, 15) is 19.6 Å². The molecule has 3 unspecified atom stereocenters. The van der Waals surface area contributed by atoms with Gasteiger partial charge in [-0.2, -0.15) is 5.26 Å². The highest BCUT2D eigenvalue weighted by Gasteiger charge is 2.64. The SMILES string of the molecule is CN[C@@H](CC(=O)O)C(=O)OC12CC3CC(C1)CC([C@H](N)C(=O)N1C4C[C@H]4C[C@H]1C#N)(C3)C2. The lowest BCUT2D eigenvalue weighted by molar-refractivity contribution is -0.208. The average Bonchev–Trinajstić information content (AvgIpc) is 3.39. The van der Waals surface area contributed by atoms with Crippen molar-refractivity contribution in [2.45, 2.75) is 87.6 Å². The Bertz CT molecular complexity index is 870. The zero-order chi connectivity index (χ0) is 22.8. The fourth-order valence-electron chi connectivity index (χ4n) is 7.81. The second-order valence-electron chi connectivity index (χ2n) is 11.0. The number of likely N-dealkylation sites (tertiary alicyclic amines) is 1. The molecule has 0 aromatic heterocycles. The lowest BCUT2D eigenvalue weighted by atomic mass is 9.46. The Morgan fingerprint density at radius 3 is 2.50 bits per heavy atom. The molecule has 0 aromatic carbocycles. The van der Waals surface area contributed by atoms with E-state index in [0.717, 1.165) is 44.9 Å². The van der Waals surface area contributed by atoms with Crippen LogP contribution < -0.4 is 11.1 Å². The number of esters is 1. The number of hydrogen-bond acceptors (Lipinski definition) is 7. The van der Waals surface area contributed by atoms with Crippen molar-refractivity contribution < 1.29 is 24.2 Å². The van der Waals surface area contributed by atoms with Crippen molar-refractivity contribution in [2.24, 2.45) is 28.9 Å². The van der Waals surface area contributed by atoms with Crippen LogP contribution in [0.4, 0.5) is 0 Å². The fourth-order valence-corrected chi connectivity index (χ4v) is 7.81. The van der Waals surface area contributed by atoms with Crippen LogP contribution in [0.2, 0.25) is 0 Å². The van der Waals surface area contributed by atoms with Crippen LogP contribution in [0, 0.1) is 34.5 Å². The van der Waals surface area contributed by atoms with Gasteiger partial charge < -0.3 is 25.8 Å². The molecule has 1 aliphatic heterocycles. The third-order valence-corrected chi connectivity index (χ3v) is 8.82. The van der Waals surface area contributed by atoms with E-state index in [-0.39, 0.29) is 24.4 Å². The maximum atomic E-state index is 13.5.